The molecule has 0 spiro atoms. The summed E-state index contributed by atoms with van der Waals surface area (Å²) in [4.78, 5) is 0. The van der Waals surface area contributed by atoms with Crippen LogP contribution in [-0.4, -0.2) is 20.8 Å². The first kappa shape index (κ1) is 15.0. The maximum absolute atomic E-state index is 14.2. The van der Waals surface area contributed by atoms with Gasteiger partial charge in [0.1, 0.15) is 5.69 Å². The highest BCUT2D eigenvalue weighted by Gasteiger charge is 2.18. The van der Waals surface area contributed by atoms with E-state index in [-0.39, 0.29) is 17.1 Å². The van der Waals surface area contributed by atoms with Crippen LogP contribution in [0.2, 0.25) is 0 Å². The number of rotatable bonds is 4. The van der Waals surface area contributed by atoms with Gasteiger partial charge in [-0.3, -0.25) is 0 Å². The van der Waals surface area contributed by atoms with E-state index in [0.717, 1.165) is 17.8 Å². The highest BCUT2D eigenvalue weighted by molar-refractivity contribution is 5.97. The Bertz CT molecular complexity index is 671. The van der Waals surface area contributed by atoms with Gasteiger partial charge in [-0.2, -0.15) is 5.10 Å². The van der Waals surface area contributed by atoms with Crippen molar-refractivity contribution < 1.29 is 14.0 Å². The van der Waals surface area contributed by atoms with Crippen LogP contribution in [0.3, 0.4) is 0 Å². The number of nitrogens with two attached hydrogens (primary N) is 1. The van der Waals surface area contributed by atoms with Crippen LogP contribution < -0.4 is 5.73 Å². The second-order valence-corrected chi connectivity index (χ2v) is 4.52. The minimum absolute atomic E-state index is 0.0304. The summed E-state index contributed by atoms with van der Waals surface area (Å²) in [6.45, 7) is 3.80. The highest BCUT2D eigenvalue weighted by atomic mass is 19.1. The van der Waals surface area contributed by atoms with Crippen molar-refractivity contribution in [2.45, 2.75) is 26.7 Å². The summed E-state index contributed by atoms with van der Waals surface area (Å²) in [6.07, 6.45) is 1.26. The van der Waals surface area contributed by atoms with E-state index in [1.807, 2.05) is 19.9 Å². The summed E-state index contributed by atoms with van der Waals surface area (Å²) in [5, 5.41) is 15.5. The Morgan fingerprint density at radius 3 is 2.33 bits per heavy atom. The molecule has 21 heavy (non-hydrogen) atoms. The van der Waals surface area contributed by atoms with E-state index < -0.39 is 11.6 Å². The van der Waals surface area contributed by atoms with E-state index in [1.54, 1.807) is 0 Å². The molecule has 1 aromatic carbocycles. The summed E-state index contributed by atoms with van der Waals surface area (Å²) in [5.74, 6) is -2.00. The lowest BCUT2D eigenvalue weighted by Crippen LogP contribution is -2.15. The number of amidine groups is 1. The van der Waals surface area contributed by atoms with Crippen molar-refractivity contribution in [1.82, 2.24) is 9.78 Å². The molecule has 0 aliphatic rings. The number of hydrogen-bond acceptors (Lipinski definition) is 3. The van der Waals surface area contributed by atoms with E-state index >= 15 is 0 Å². The van der Waals surface area contributed by atoms with Crippen LogP contribution in [0.5, 0.6) is 0 Å². The molecule has 0 bridgehead atoms. The third-order valence-electron chi connectivity index (χ3n) is 3.19. The Labute approximate surface area is 120 Å². The van der Waals surface area contributed by atoms with E-state index in [1.165, 1.54) is 4.68 Å². The lowest BCUT2D eigenvalue weighted by molar-refractivity contribution is 0.318. The molecular weight excluding hydrogens is 278 g/mol. The Kier molecular flexibility index (Phi) is 4.21. The van der Waals surface area contributed by atoms with Crippen LogP contribution in [0.25, 0.3) is 5.69 Å². The Hall–Kier alpha value is -2.44. The molecule has 0 atom stereocenters. The summed E-state index contributed by atoms with van der Waals surface area (Å²) in [6, 6.07) is 3.84. The second kappa shape index (κ2) is 5.90. The first-order valence-electron chi connectivity index (χ1n) is 6.56. The van der Waals surface area contributed by atoms with Crippen LogP contribution in [0, 0.1) is 11.6 Å². The Morgan fingerprint density at radius 1 is 1.24 bits per heavy atom. The first-order chi connectivity index (χ1) is 10.0. The minimum Gasteiger partial charge on any atom is -0.409 e. The quantitative estimate of drug-likeness (QED) is 0.393. The van der Waals surface area contributed by atoms with E-state index in [0.29, 0.717) is 18.5 Å². The van der Waals surface area contributed by atoms with Crippen molar-refractivity contribution in [3.63, 3.8) is 0 Å². The molecule has 3 N–H and O–H groups in total. The molecular formula is C14H16F2N4O. The van der Waals surface area contributed by atoms with Crippen molar-refractivity contribution >= 4 is 5.84 Å². The van der Waals surface area contributed by atoms with Crippen LogP contribution in [0.15, 0.2) is 23.4 Å². The molecule has 5 nitrogen and oxygen atoms in total. The van der Waals surface area contributed by atoms with Gasteiger partial charge in [0.15, 0.2) is 17.5 Å². The second-order valence-electron chi connectivity index (χ2n) is 4.52. The maximum Gasteiger partial charge on any atom is 0.170 e. The molecule has 0 amide bonds. The molecule has 0 aliphatic heterocycles. The molecule has 0 aliphatic carbocycles. The van der Waals surface area contributed by atoms with Crippen LogP contribution in [0.1, 0.15) is 30.8 Å². The summed E-state index contributed by atoms with van der Waals surface area (Å²) >= 11 is 0. The molecule has 0 unspecified atom stereocenters. The van der Waals surface area contributed by atoms with Crippen LogP contribution in [0.4, 0.5) is 8.78 Å². The van der Waals surface area contributed by atoms with Gasteiger partial charge < -0.3 is 10.9 Å². The normalized spacial score (nSPS) is 11.9. The average molecular weight is 294 g/mol. The zero-order valence-corrected chi connectivity index (χ0v) is 11.8. The zero-order valence-electron chi connectivity index (χ0n) is 11.8. The monoisotopic (exact) mass is 294 g/mol. The number of oxime groups is 1. The van der Waals surface area contributed by atoms with E-state index in [4.69, 9.17) is 10.9 Å². The number of halogens is 2. The predicted octanol–water partition coefficient (Wildman–Crippen LogP) is 2.37. The van der Waals surface area contributed by atoms with Crippen molar-refractivity contribution in [2.75, 3.05) is 0 Å². The summed E-state index contributed by atoms with van der Waals surface area (Å²) in [7, 11) is 0. The Morgan fingerprint density at radius 2 is 1.86 bits per heavy atom. The molecule has 0 radical (unpaired) electrons. The largest absolute Gasteiger partial charge is 0.409 e. The number of aromatic nitrogens is 2. The van der Waals surface area contributed by atoms with Crippen molar-refractivity contribution in [3.05, 3.63) is 46.8 Å². The van der Waals surface area contributed by atoms with Crippen LogP contribution in [-0.2, 0) is 12.8 Å². The molecule has 1 aromatic heterocycles. The molecule has 2 rings (SSSR count). The lowest BCUT2D eigenvalue weighted by atomic mass is 10.1. The van der Waals surface area contributed by atoms with Gasteiger partial charge in [0.05, 0.1) is 5.69 Å². The number of nitrogens with zero attached hydrogens (tertiary/aromatic N) is 3. The van der Waals surface area contributed by atoms with Gasteiger partial charge in [0.2, 0.25) is 0 Å². The smallest absolute Gasteiger partial charge is 0.170 e. The van der Waals surface area contributed by atoms with Gasteiger partial charge in [-0.05, 0) is 31.0 Å². The Balaban J connectivity index is 2.62. The molecule has 1 heterocycles. The number of hydrogen-bond donors (Lipinski definition) is 2. The molecule has 2 aromatic rings. The van der Waals surface area contributed by atoms with Gasteiger partial charge in [-0.15, -0.1) is 0 Å². The van der Waals surface area contributed by atoms with Gasteiger partial charge in [0, 0.05) is 11.3 Å². The van der Waals surface area contributed by atoms with E-state index in [2.05, 4.69) is 10.3 Å². The van der Waals surface area contributed by atoms with Crippen LogP contribution >= 0.6 is 0 Å². The highest BCUT2D eigenvalue weighted by Crippen LogP contribution is 2.22. The van der Waals surface area contributed by atoms with Crippen molar-refractivity contribution in [1.29, 1.82) is 0 Å². The first-order valence-corrected chi connectivity index (χ1v) is 6.56. The van der Waals surface area contributed by atoms with Crippen molar-refractivity contribution in [2.24, 2.45) is 10.9 Å². The van der Waals surface area contributed by atoms with Gasteiger partial charge in [-0.25, -0.2) is 13.5 Å². The SMILES string of the molecule is CCc1cc(CC)n(-c2c(F)cc(/C(N)=N/O)cc2F)n1. The summed E-state index contributed by atoms with van der Waals surface area (Å²) < 4.78 is 29.7. The number of benzene rings is 1. The average Bonchev–Trinajstić information content (AvgIpc) is 2.88. The lowest BCUT2D eigenvalue weighted by Gasteiger charge is -2.10. The minimum atomic E-state index is -0.822. The molecule has 0 saturated heterocycles. The van der Waals surface area contributed by atoms with Gasteiger partial charge in [-0.1, -0.05) is 19.0 Å². The molecule has 112 valence electrons. The van der Waals surface area contributed by atoms with E-state index in [9.17, 15) is 8.78 Å². The van der Waals surface area contributed by atoms with Gasteiger partial charge in [0.25, 0.3) is 0 Å². The topological polar surface area (TPSA) is 76.4 Å². The van der Waals surface area contributed by atoms with Crippen molar-refractivity contribution in [3.8, 4) is 5.69 Å². The predicted molar refractivity (Wildman–Crippen MR) is 74.7 cm³/mol. The fourth-order valence-electron chi connectivity index (χ4n) is 2.07. The standard InChI is InChI=1S/C14H16F2N4O/c1-3-9-7-10(4-2)20(18-9)13-11(15)5-8(6-12(13)16)14(17)19-21/h5-7,21H,3-4H2,1-2H3,(H2,17,19). The zero-order chi connectivity index (χ0) is 15.6. The summed E-state index contributed by atoms with van der Waals surface area (Å²) in [5.41, 5.74) is 6.52. The number of aryl methyl sites for hydroxylation is 2. The molecule has 0 saturated carbocycles. The fraction of sp³-hybridized carbons (Fsp3) is 0.286. The molecule has 7 heteroatoms. The molecule has 0 fully saturated rings. The third-order valence-corrected chi connectivity index (χ3v) is 3.19. The van der Waals surface area contributed by atoms with Gasteiger partial charge >= 0.3 is 0 Å². The maximum atomic E-state index is 14.2. The third kappa shape index (κ3) is 2.72. The fourth-order valence-corrected chi connectivity index (χ4v) is 2.07.